The highest BCUT2D eigenvalue weighted by Gasteiger charge is 2.27. The van der Waals surface area contributed by atoms with Gasteiger partial charge in [0.25, 0.3) is 0 Å². The molecule has 7 heteroatoms. The maximum Gasteiger partial charge on any atom is 0.225 e. The van der Waals surface area contributed by atoms with Gasteiger partial charge in [0.1, 0.15) is 5.82 Å². The van der Waals surface area contributed by atoms with Crippen LogP contribution in [0.4, 0.5) is 5.82 Å². The summed E-state index contributed by atoms with van der Waals surface area (Å²) in [5, 5.41) is 3.18. The smallest absolute Gasteiger partial charge is 0.225 e. The average Bonchev–Trinajstić information content (AvgIpc) is 2.63. The minimum atomic E-state index is 0.0212. The van der Waals surface area contributed by atoms with E-state index in [0.29, 0.717) is 0 Å². The Bertz CT molecular complexity index is 521. The summed E-state index contributed by atoms with van der Waals surface area (Å²) in [5.41, 5.74) is 0. The number of carbonyl (C=O) groups is 1. The maximum absolute atomic E-state index is 12.6. The van der Waals surface area contributed by atoms with Crippen molar-refractivity contribution in [3.63, 3.8) is 0 Å². The second-order valence-electron chi connectivity index (χ2n) is 6.67. The topological polar surface area (TPSA) is 70.6 Å². The molecule has 7 nitrogen and oxygen atoms in total. The lowest BCUT2D eigenvalue weighted by Gasteiger charge is -2.34. The lowest BCUT2D eigenvalue weighted by molar-refractivity contribution is -0.126. The summed E-state index contributed by atoms with van der Waals surface area (Å²) in [6.07, 6.45) is 7.08. The Morgan fingerprint density at radius 3 is 2.96 bits per heavy atom. The number of rotatable bonds is 5. The van der Waals surface area contributed by atoms with Crippen molar-refractivity contribution < 1.29 is 9.53 Å². The van der Waals surface area contributed by atoms with Crippen LogP contribution in [-0.4, -0.2) is 72.8 Å². The van der Waals surface area contributed by atoms with Crippen LogP contribution >= 0.6 is 0 Å². The molecule has 1 aromatic heterocycles. The largest absolute Gasteiger partial charge is 0.379 e. The van der Waals surface area contributed by atoms with Crippen molar-refractivity contribution in [2.75, 3.05) is 50.8 Å². The number of amides is 1. The molecule has 3 heterocycles. The summed E-state index contributed by atoms with van der Waals surface area (Å²) < 4.78 is 5.37. The van der Waals surface area contributed by atoms with Crippen LogP contribution in [0.15, 0.2) is 18.6 Å². The molecule has 2 fully saturated rings. The number of carbonyl (C=O) groups excluding carboxylic acids is 1. The van der Waals surface area contributed by atoms with Crippen molar-refractivity contribution in [3.05, 3.63) is 18.6 Å². The SMILES string of the molecule is C[C@@H](CN1CCOCC1)NC(=O)[C@H]1CCCN(c2cnccn2)C1. The van der Waals surface area contributed by atoms with Crippen molar-refractivity contribution in [2.24, 2.45) is 5.92 Å². The first kappa shape index (κ1) is 17.1. The van der Waals surface area contributed by atoms with Crippen LogP contribution in [0.5, 0.6) is 0 Å². The summed E-state index contributed by atoms with van der Waals surface area (Å²) in [5.74, 6) is 1.04. The zero-order valence-electron chi connectivity index (χ0n) is 14.4. The van der Waals surface area contributed by atoms with Gasteiger partial charge in [-0.25, -0.2) is 4.98 Å². The summed E-state index contributed by atoms with van der Waals surface area (Å²) in [4.78, 5) is 25.6. The Hall–Kier alpha value is -1.73. The second-order valence-corrected chi connectivity index (χ2v) is 6.67. The van der Waals surface area contributed by atoms with Crippen LogP contribution in [0.25, 0.3) is 0 Å². The minimum Gasteiger partial charge on any atom is -0.379 e. The Morgan fingerprint density at radius 2 is 2.21 bits per heavy atom. The number of nitrogens with zero attached hydrogens (tertiary/aromatic N) is 4. The number of ether oxygens (including phenoxy) is 1. The first-order valence-electron chi connectivity index (χ1n) is 8.84. The monoisotopic (exact) mass is 333 g/mol. The van der Waals surface area contributed by atoms with Gasteiger partial charge in [-0.05, 0) is 19.8 Å². The fraction of sp³-hybridized carbons (Fsp3) is 0.706. The van der Waals surface area contributed by atoms with Crippen molar-refractivity contribution in [1.82, 2.24) is 20.2 Å². The number of hydrogen-bond donors (Lipinski definition) is 1. The molecule has 0 bridgehead atoms. The molecular formula is C17H27N5O2. The van der Waals surface area contributed by atoms with Crippen LogP contribution in [0.1, 0.15) is 19.8 Å². The van der Waals surface area contributed by atoms with Crippen molar-refractivity contribution in [3.8, 4) is 0 Å². The van der Waals surface area contributed by atoms with Gasteiger partial charge in [0.2, 0.25) is 5.91 Å². The molecule has 0 unspecified atom stereocenters. The summed E-state index contributed by atoms with van der Waals surface area (Å²) in [7, 11) is 0. The molecule has 2 atom stereocenters. The van der Waals surface area contributed by atoms with Crippen LogP contribution in [0.2, 0.25) is 0 Å². The van der Waals surface area contributed by atoms with E-state index in [1.54, 1.807) is 18.6 Å². The van der Waals surface area contributed by atoms with Gasteiger partial charge in [-0.1, -0.05) is 0 Å². The molecule has 2 aliphatic rings. The number of hydrogen-bond acceptors (Lipinski definition) is 6. The molecule has 1 aromatic rings. The second kappa shape index (κ2) is 8.39. The first-order chi connectivity index (χ1) is 11.7. The highest BCUT2D eigenvalue weighted by molar-refractivity contribution is 5.79. The van der Waals surface area contributed by atoms with E-state index in [-0.39, 0.29) is 17.9 Å². The van der Waals surface area contributed by atoms with Gasteiger partial charge in [-0.2, -0.15) is 0 Å². The minimum absolute atomic E-state index is 0.0212. The molecule has 0 radical (unpaired) electrons. The quantitative estimate of drug-likeness (QED) is 0.848. The van der Waals surface area contributed by atoms with E-state index in [1.165, 1.54) is 0 Å². The summed E-state index contributed by atoms with van der Waals surface area (Å²) in [6.45, 7) is 8.09. The third-order valence-corrected chi connectivity index (χ3v) is 4.69. The number of anilines is 1. The first-order valence-corrected chi connectivity index (χ1v) is 8.84. The van der Waals surface area contributed by atoms with Gasteiger partial charge >= 0.3 is 0 Å². The van der Waals surface area contributed by atoms with Gasteiger partial charge in [-0.3, -0.25) is 14.7 Å². The van der Waals surface area contributed by atoms with Gasteiger partial charge in [0.05, 0.1) is 25.3 Å². The Kier molecular flexibility index (Phi) is 5.98. The van der Waals surface area contributed by atoms with Crippen LogP contribution in [-0.2, 0) is 9.53 Å². The molecule has 24 heavy (non-hydrogen) atoms. The number of morpholine rings is 1. The third kappa shape index (κ3) is 4.64. The third-order valence-electron chi connectivity index (χ3n) is 4.69. The maximum atomic E-state index is 12.6. The van der Waals surface area contributed by atoms with Crippen molar-refractivity contribution >= 4 is 11.7 Å². The fourth-order valence-corrected chi connectivity index (χ4v) is 3.43. The van der Waals surface area contributed by atoms with Gasteiger partial charge in [0, 0.05) is 51.2 Å². The van der Waals surface area contributed by atoms with Crippen molar-refractivity contribution in [1.29, 1.82) is 0 Å². The molecule has 0 aromatic carbocycles. The average molecular weight is 333 g/mol. The normalized spacial score (nSPS) is 23.7. The van der Waals surface area contributed by atoms with Crippen molar-refractivity contribution in [2.45, 2.75) is 25.8 Å². The predicted octanol–water partition coefficient (Wildman–Crippen LogP) is 0.530. The summed E-state index contributed by atoms with van der Waals surface area (Å²) in [6, 6.07) is 0.155. The van der Waals surface area contributed by atoms with Crippen LogP contribution in [0.3, 0.4) is 0 Å². The summed E-state index contributed by atoms with van der Waals surface area (Å²) >= 11 is 0. The fourth-order valence-electron chi connectivity index (χ4n) is 3.43. The van der Waals surface area contributed by atoms with E-state index in [1.807, 2.05) is 0 Å². The predicted molar refractivity (Wildman–Crippen MR) is 91.8 cm³/mol. The zero-order chi connectivity index (χ0) is 16.8. The Labute approximate surface area is 143 Å². The highest BCUT2D eigenvalue weighted by Crippen LogP contribution is 2.21. The molecule has 0 aliphatic carbocycles. The zero-order valence-corrected chi connectivity index (χ0v) is 14.4. The van der Waals surface area contributed by atoms with Gasteiger partial charge in [-0.15, -0.1) is 0 Å². The number of piperidine rings is 1. The van der Waals surface area contributed by atoms with E-state index in [2.05, 4.69) is 32.0 Å². The molecule has 0 saturated carbocycles. The molecule has 1 amide bonds. The van der Waals surface area contributed by atoms with E-state index in [0.717, 1.165) is 64.6 Å². The Morgan fingerprint density at radius 1 is 1.38 bits per heavy atom. The van der Waals surface area contributed by atoms with Crippen LogP contribution < -0.4 is 10.2 Å². The molecule has 1 N–H and O–H groups in total. The molecule has 2 saturated heterocycles. The van der Waals surface area contributed by atoms with Gasteiger partial charge in [0.15, 0.2) is 0 Å². The number of aromatic nitrogens is 2. The lowest BCUT2D eigenvalue weighted by atomic mass is 9.97. The molecule has 3 rings (SSSR count). The van der Waals surface area contributed by atoms with E-state index >= 15 is 0 Å². The lowest BCUT2D eigenvalue weighted by Crippen LogP contribution is -2.49. The number of nitrogens with one attached hydrogen (secondary N) is 1. The molecule has 132 valence electrons. The highest BCUT2D eigenvalue weighted by atomic mass is 16.5. The van der Waals surface area contributed by atoms with E-state index in [4.69, 9.17) is 4.74 Å². The van der Waals surface area contributed by atoms with Gasteiger partial charge < -0.3 is 15.0 Å². The molecular weight excluding hydrogens is 306 g/mol. The van der Waals surface area contributed by atoms with Crippen LogP contribution in [0, 0.1) is 5.92 Å². The molecule has 0 spiro atoms. The van der Waals surface area contributed by atoms with E-state index in [9.17, 15) is 4.79 Å². The standard InChI is InChI=1S/C17H27N5O2/c1-14(12-21-7-9-24-10-8-21)20-17(23)15-3-2-6-22(13-15)16-11-18-4-5-19-16/h4-5,11,14-15H,2-3,6-10,12-13H2,1H3,(H,20,23)/t14-,15-/m0/s1. The molecule has 2 aliphatic heterocycles. The van der Waals surface area contributed by atoms with E-state index < -0.39 is 0 Å². The Balaban J connectivity index is 1.48.